The van der Waals surface area contributed by atoms with E-state index in [0.29, 0.717) is 18.1 Å². The highest BCUT2D eigenvalue weighted by Gasteiger charge is 2.57. The lowest BCUT2D eigenvalue weighted by Crippen LogP contribution is -2.67. The number of hydrogen-bond donors (Lipinski definition) is 0. The molecule has 0 bridgehead atoms. The predicted molar refractivity (Wildman–Crippen MR) is 100 cm³/mol. The SMILES string of the molecule is CC(C)(C)[Si](OC[C@H]1C[C@H]2OC12)(c1ccccc1)c1ccccc1. The summed E-state index contributed by atoms with van der Waals surface area (Å²) in [6.07, 6.45) is 2.18. The molecule has 0 aromatic heterocycles. The summed E-state index contributed by atoms with van der Waals surface area (Å²) in [5, 5.41) is 2.77. The first-order chi connectivity index (χ1) is 11.5. The van der Waals surface area contributed by atoms with Crippen molar-refractivity contribution in [2.45, 2.75) is 44.4 Å². The number of benzene rings is 2. The number of epoxide rings is 1. The van der Waals surface area contributed by atoms with Gasteiger partial charge in [-0.2, -0.15) is 0 Å². The zero-order chi connectivity index (χ0) is 16.8. The van der Waals surface area contributed by atoms with Crippen molar-refractivity contribution < 1.29 is 9.16 Å². The Morgan fingerprint density at radius 2 is 1.50 bits per heavy atom. The molecule has 1 unspecified atom stereocenters. The van der Waals surface area contributed by atoms with Gasteiger partial charge in [-0.3, -0.25) is 0 Å². The van der Waals surface area contributed by atoms with Crippen LogP contribution < -0.4 is 10.4 Å². The molecule has 0 N–H and O–H groups in total. The van der Waals surface area contributed by atoms with Gasteiger partial charge in [-0.1, -0.05) is 81.4 Å². The molecule has 0 spiro atoms. The van der Waals surface area contributed by atoms with E-state index in [1.54, 1.807) is 0 Å². The van der Waals surface area contributed by atoms with Crippen LogP contribution in [-0.4, -0.2) is 27.1 Å². The molecule has 1 aliphatic heterocycles. The zero-order valence-electron chi connectivity index (χ0n) is 14.7. The van der Waals surface area contributed by atoms with E-state index in [2.05, 4.69) is 81.4 Å². The van der Waals surface area contributed by atoms with Gasteiger partial charge in [-0.15, -0.1) is 0 Å². The van der Waals surface area contributed by atoms with Gasteiger partial charge in [-0.05, 0) is 21.8 Å². The number of hydrogen-bond acceptors (Lipinski definition) is 2. The molecule has 1 heterocycles. The molecule has 4 rings (SSSR count). The lowest BCUT2D eigenvalue weighted by Gasteiger charge is -2.44. The average Bonchev–Trinajstić information content (AvgIpc) is 3.22. The standard InChI is InChI=1S/C21H26O2Si/c1-21(2,3)24(17-10-6-4-7-11-17,18-12-8-5-9-13-18)22-15-16-14-19-20(16)23-19/h4-13,16,19-20H,14-15H2,1-3H3/t16-,19-,20?/m1/s1. The number of fused-ring (bicyclic) bond motifs is 1. The summed E-state index contributed by atoms with van der Waals surface area (Å²) in [6.45, 7) is 7.80. The second-order valence-electron chi connectivity index (χ2n) is 8.11. The third kappa shape index (κ3) is 2.55. The van der Waals surface area contributed by atoms with Crippen LogP contribution in [-0.2, 0) is 9.16 Å². The van der Waals surface area contributed by atoms with Crippen LogP contribution in [0.4, 0.5) is 0 Å². The van der Waals surface area contributed by atoms with E-state index in [1.807, 2.05) is 0 Å². The summed E-state index contributed by atoms with van der Waals surface area (Å²) in [5.41, 5.74) is 0. The van der Waals surface area contributed by atoms with Crippen LogP contribution in [0.25, 0.3) is 0 Å². The molecule has 3 atom stereocenters. The normalized spacial score (nSPS) is 25.7. The maximum absolute atomic E-state index is 6.93. The summed E-state index contributed by atoms with van der Waals surface area (Å²) in [5.74, 6) is 0.580. The second kappa shape index (κ2) is 5.83. The Bertz CT molecular complexity index is 653. The molecule has 1 aliphatic carbocycles. The molecule has 1 saturated carbocycles. The maximum Gasteiger partial charge on any atom is 0.261 e. The molecule has 2 aliphatic rings. The monoisotopic (exact) mass is 338 g/mol. The van der Waals surface area contributed by atoms with Crippen LogP contribution in [0, 0.1) is 5.92 Å². The molecule has 0 amide bonds. The largest absolute Gasteiger partial charge is 0.407 e. The summed E-state index contributed by atoms with van der Waals surface area (Å²) in [7, 11) is -2.36. The van der Waals surface area contributed by atoms with Gasteiger partial charge < -0.3 is 9.16 Å². The Morgan fingerprint density at radius 3 is 1.88 bits per heavy atom. The van der Waals surface area contributed by atoms with Gasteiger partial charge in [0.05, 0.1) is 12.2 Å². The van der Waals surface area contributed by atoms with Crippen LogP contribution in [0.2, 0.25) is 5.04 Å². The molecule has 126 valence electrons. The maximum atomic E-state index is 6.93. The first-order valence-electron chi connectivity index (χ1n) is 8.93. The van der Waals surface area contributed by atoms with Crippen LogP contribution in [0.1, 0.15) is 27.2 Å². The summed E-state index contributed by atoms with van der Waals surface area (Å²) in [6, 6.07) is 21.7. The molecular weight excluding hydrogens is 312 g/mol. The van der Waals surface area contributed by atoms with Crippen molar-refractivity contribution >= 4 is 18.7 Å². The topological polar surface area (TPSA) is 21.8 Å². The average molecular weight is 339 g/mol. The lowest BCUT2D eigenvalue weighted by molar-refractivity contribution is 0.194. The van der Waals surface area contributed by atoms with E-state index in [4.69, 9.17) is 9.16 Å². The minimum absolute atomic E-state index is 0.0588. The fourth-order valence-corrected chi connectivity index (χ4v) is 8.77. The van der Waals surface area contributed by atoms with Crippen molar-refractivity contribution in [3.05, 3.63) is 60.7 Å². The first kappa shape index (κ1) is 16.1. The molecule has 0 radical (unpaired) electrons. The van der Waals surface area contributed by atoms with Gasteiger partial charge in [0.25, 0.3) is 8.32 Å². The van der Waals surface area contributed by atoms with Crippen LogP contribution in [0.5, 0.6) is 0 Å². The van der Waals surface area contributed by atoms with E-state index in [0.717, 1.165) is 6.61 Å². The lowest BCUT2D eigenvalue weighted by atomic mass is 9.86. The van der Waals surface area contributed by atoms with Gasteiger partial charge in [0.15, 0.2) is 0 Å². The minimum Gasteiger partial charge on any atom is -0.407 e. The van der Waals surface area contributed by atoms with Crippen molar-refractivity contribution in [2.75, 3.05) is 6.61 Å². The highest BCUT2D eigenvalue weighted by atomic mass is 28.4. The molecule has 2 fully saturated rings. The van der Waals surface area contributed by atoms with Gasteiger partial charge in [0.1, 0.15) is 0 Å². The smallest absolute Gasteiger partial charge is 0.261 e. The Kier molecular flexibility index (Phi) is 3.90. The quantitative estimate of drug-likeness (QED) is 0.616. The molecule has 2 aromatic carbocycles. The zero-order valence-corrected chi connectivity index (χ0v) is 15.7. The molecule has 1 saturated heterocycles. The van der Waals surface area contributed by atoms with Crippen LogP contribution in [0.3, 0.4) is 0 Å². The van der Waals surface area contributed by atoms with Crippen molar-refractivity contribution in [3.63, 3.8) is 0 Å². The molecule has 24 heavy (non-hydrogen) atoms. The van der Waals surface area contributed by atoms with E-state index in [9.17, 15) is 0 Å². The first-order valence-corrected chi connectivity index (χ1v) is 10.8. The highest BCUT2D eigenvalue weighted by molar-refractivity contribution is 6.99. The third-order valence-electron chi connectivity index (χ3n) is 5.55. The van der Waals surface area contributed by atoms with E-state index in [1.165, 1.54) is 16.8 Å². The van der Waals surface area contributed by atoms with E-state index < -0.39 is 8.32 Å². The second-order valence-corrected chi connectivity index (χ2v) is 12.4. The minimum atomic E-state index is -2.36. The Morgan fingerprint density at radius 1 is 0.958 bits per heavy atom. The molecule has 2 nitrogen and oxygen atoms in total. The summed E-state index contributed by atoms with van der Waals surface area (Å²) >= 11 is 0. The Balaban J connectivity index is 1.76. The number of rotatable bonds is 5. The van der Waals surface area contributed by atoms with Gasteiger partial charge in [0.2, 0.25) is 0 Å². The van der Waals surface area contributed by atoms with Crippen molar-refractivity contribution in [1.29, 1.82) is 0 Å². The molecule has 2 aromatic rings. The fourth-order valence-electron chi connectivity index (χ4n) is 4.15. The highest BCUT2D eigenvalue weighted by Crippen LogP contribution is 2.47. The van der Waals surface area contributed by atoms with Crippen molar-refractivity contribution in [2.24, 2.45) is 5.92 Å². The summed E-state index contributed by atoms with van der Waals surface area (Å²) in [4.78, 5) is 0. The summed E-state index contributed by atoms with van der Waals surface area (Å²) < 4.78 is 12.6. The Labute approximate surface area is 145 Å². The van der Waals surface area contributed by atoms with E-state index in [-0.39, 0.29) is 5.04 Å². The predicted octanol–water partition coefficient (Wildman–Crippen LogP) is 3.35. The Hall–Kier alpha value is -1.42. The third-order valence-corrected chi connectivity index (χ3v) is 10.6. The van der Waals surface area contributed by atoms with Crippen molar-refractivity contribution in [1.82, 2.24) is 0 Å². The van der Waals surface area contributed by atoms with Gasteiger partial charge in [0, 0.05) is 12.5 Å². The van der Waals surface area contributed by atoms with Crippen LogP contribution >= 0.6 is 0 Å². The van der Waals surface area contributed by atoms with Gasteiger partial charge >= 0.3 is 0 Å². The number of ether oxygens (including phenoxy) is 1. The van der Waals surface area contributed by atoms with Gasteiger partial charge in [-0.25, -0.2) is 0 Å². The molecular formula is C21H26O2Si. The fraction of sp³-hybridized carbons (Fsp3) is 0.429. The molecule has 3 heteroatoms. The van der Waals surface area contributed by atoms with E-state index >= 15 is 0 Å². The van der Waals surface area contributed by atoms with Crippen LogP contribution in [0.15, 0.2) is 60.7 Å². The van der Waals surface area contributed by atoms with Crippen molar-refractivity contribution in [3.8, 4) is 0 Å².